The number of nitrogens with two attached hydrogens (primary N) is 1. The lowest BCUT2D eigenvalue weighted by Gasteiger charge is -2.37. The fourth-order valence-corrected chi connectivity index (χ4v) is 4.05. The van der Waals surface area contributed by atoms with Crippen molar-refractivity contribution in [3.8, 4) is 0 Å². The third-order valence-electron chi connectivity index (χ3n) is 3.94. The Morgan fingerprint density at radius 1 is 1.29 bits per heavy atom. The summed E-state index contributed by atoms with van der Waals surface area (Å²) in [6, 6.07) is 1.61. The SMILES string of the molecule is CC(C)c1nsc(N2C3CCC2CC(N)C3)n1. The van der Waals surface area contributed by atoms with Crippen LogP contribution in [0, 0.1) is 0 Å². The summed E-state index contributed by atoms with van der Waals surface area (Å²) < 4.78 is 4.46. The molecule has 94 valence electrons. The molecule has 2 atom stereocenters. The number of piperidine rings is 1. The fourth-order valence-electron chi connectivity index (χ4n) is 3.10. The highest BCUT2D eigenvalue weighted by Crippen LogP contribution is 2.39. The Bertz CT molecular complexity index is 389. The van der Waals surface area contributed by atoms with E-state index in [0.717, 1.165) is 23.8 Å². The van der Waals surface area contributed by atoms with Crippen LogP contribution in [-0.4, -0.2) is 27.5 Å². The molecule has 2 N–H and O–H groups in total. The van der Waals surface area contributed by atoms with Crippen LogP contribution in [0.3, 0.4) is 0 Å². The van der Waals surface area contributed by atoms with E-state index in [4.69, 9.17) is 10.7 Å². The molecule has 1 aromatic heterocycles. The number of anilines is 1. The minimum Gasteiger partial charge on any atom is -0.341 e. The van der Waals surface area contributed by atoms with Crippen molar-refractivity contribution in [2.24, 2.45) is 5.73 Å². The van der Waals surface area contributed by atoms with Crippen LogP contribution < -0.4 is 10.6 Å². The highest BCUT2D eigenvalue weighted by Gasteiger charge is 2.41. The molecule has 0 aliphatic carbocycles. The average molecular weight is 252 g/mol. The predicted molar refractivity (Wildman–Crippen MR) is 70.5 cm³/mol. The van der Waals surface area contributed by atoms with E-state index in [1.54, 1.807) is 11.5 Å². The highest BCUT2D eigenvalue weighted by atomic mass is 32.1. The zero-order chi connectivity index (χ0) is 12.0. The van der Waals surface area contributed by atoms with Crippen molar-refractivity contribution >= 4 is 16.7 Å². The Balaban J connectivity index is 1.84. The number of hydrogen-bond donors (Lipinski definition) is 1. The van der Waals surface area contributed by atoms with Crippen LogP contribution in [0.25, 0.3) is 0 Å². The van der Waals surface area contributed by atoms with E-state index in [1.165, 1.54) is 12.8 Å². The molecular formula is C12H20N4S. The van der Waals surface area contributed by atoms with Gasteiger partial charge in [-0.2, -0.15) is 4.37 Å². The van der Waals surface area contributed by atoms with E-state index in [1.807, 2.05) is 0 Å². The number of aromatic nitrogens is 2. The molecule has 5 heteroatoms. The van der Waals surface area contributed by atoms with Crippen LogP contribution in [-0.2, 0) is 0 Å². The number of fused-ring (bicyclic) bond motifs is 2. The predicted octanol–water partition coefficient (Wildman–Crippen LogP) is 2.12. The van der Waals surface area contributed by atoms with Gasteiger partial charge in [-0.05, 0) is 25.7 Å². The number of hydrogen-bond acceptors (Lipinski definition) is 5. The smallest absolute Gasteiger partial charge is 0.205 e. The molecule has 4 nitrogen and oxygen atoms in total. The molecule has 0 saturated carbocycles. The van der Waals surface area contributed by atoms with Gasteiger partial charge < -0.3 is 10.6 Å². The first-order chi connectivity index (χ1) is 8.15. The van der Waals surface area contributed by atoms with Gasteiger partial charge in [-0.15, -0.1) is 0 Å². The summed E-state index contributed by atoms with van der Waals surface area (Å²) >= 11 is 1.56. The second-order valence-electron chi connectivity index (χ2n) is 5.61. The molecule has 2 aliphatic heterocycles. The maximum absolute atomic E-state index is 6.09. The second kappa shape index (κ2) is 4.21. The van der Waals surface area contributed by atoms with E-state index < -0.39 is 0 Å². The van der Waals surface area contributed by atoms with Gasteiger partial charge in [0.05, 0.1) is 0 Å². The van der Waals surface area contributed by atoms with E-state index in [9.17, 15) is 0 Å². The van der Waals surface area contributed by atoms with E-state index in [0.29, 0.717) is 24.0 Å². The quantitative estimate of drug-likeness (QED) is 0.876. The van der Waals surface area contributed by atoms with Crippen LogP contribution in [0.4, 0.5) is 5.13 Å². The number of rotatable bonds is 2. The Labute approximate surface area is 106 Å². The molecular weight excluding hydrogens is 232 g/mol. The van der Waals surface area contributed by atoms with Gasteiger partial charge in [0.25, 0.3) is 0 Å². The Morgan fingerprint density at radius 3 is 2.47 bits per heavy atom. The van der Waals surface area contributed by atoms with E-state index in [-0.39, 0.29) is 0 Å². The molecule has 2 fully saturated rings. The lowest BCUT2D eigenvalue weighted by atomic mass is 9.99. The normalized spacial score (nSPS) is 32.5. The lowest BCUT2D eigenvalue weighted by Crippen LogP contribution is -2.47. The van der Waals surface area contributed by atoms with Crippen LogP contribution >= 0.6 is 11.5 Å². The summed E-state index contributed by atoms with van der Waals surface area (Å²) in [5.74, 6) is 1.41. The first-order valence-electron chi connectivity index (χ1n) is 6.52. The molecule has 0 amide bonds. The van der Waals surface area contributed by atoms with Gasteiger partial charge in [0.15, 0.2) is 0 Å². The summed E-state index contributed by atoms with van der Waals surface area (Å²) in [4.78, 5) is 7.18. The van der Waals surface area contributed by atoms with E-state index in [2.05, 4.69) is 23.1 Å². The monoisotopic (exact) mass is 252 g/mol. The molecule has 3 rings (SSSR count). The Kier molecular flexibility index (Phi) is 2.83. The molecule has 2 aliphatic rings. The highest BCUT2D eigenvalue weighted by molar-refractivity contribution is 7.09. The third-order valence-corrected chi connectivity index (χ3v) is 4.68. The Hall–Kier alpha value is -0.680. The third kappa shape index (κ3) is 1.95. The standard InChI is InChI=1S/C12H20N4S/c1-7(2)11-14-12(17-15-11)16-9-3-4-10(16)6-8(13)5-9/h7-10H,3-6,13H2,1-2H3. The van der Waals surface area contributed by atoms with Crippen molar-refractivity contribution in [3.63, 3.8) is 0 Å². The zero-order valence-electron chi connectivity index (χ0n) is 10.5. The lowest BCUT2D eigenvalue weighted by molar-refractivity contribution is 0.414. The molecule has 2 saturated heterocycles. The molecule has 17 heavy (non-hydrogen) atoms. The molecule has 3 heterocycles. The van der Waals surface area contributed by atoms with Crippen LogP contribution in [0.5, 0.6) is 0 Å². The van der Waals surface area contributed by atoms with Crippen LogP contribution in [0.2, 0.25) is 0 Å². The number of nitrogens with zero attached hydrogens (tertiary/aromatic N) is 3. The molecule has 2 bridgehead atoms. The summed E-state index contributed by atoms with van der Waals surface area (Å²) in [7, 11) is 0. The van der Waals surface area contributed by atoms with Crippen molar-refractivity contribution in [1.29, 1.82) is 0 Å². The van der Waals surface area contributed by atoms with Gasteiger partial charge in [-0.3, -0.25) is 0 Å². The summed E-state index contributed by atoms with van der Waals surface area (Å²) in [5, 5.41) is 1.12. The summed E-state index contributed by atoms with van der Waals surface area (Å²) in [5.41, 5.74) is 6.09. The minimum atomic E-state index is 0.390. The first kappa shape index (κ1) is 11.4. The van der Waals surface area contributed by atoms with Crippen molar-refractivity contribution < 1.29 is 0 Å². The van der Waals surface area contributed by atoms with Crippen molar-refractivity contribution in [3.05, 3.63) is 5.82 Å². The zero-order valence-corrected chi connectivity index (χ0v) is 11.3. The maximum atomic E-state index is 6.09. The summed E-state index contributed by atoms with van der Waals surface area (Å²) in [6.07, 6.45) is 4.78. The van der Waals surface area contributed by atoms with Gasteiger partial charge in [-0.25, -0.2) is 4.98 Å². The molecule has 0 radical (unpaired) electrons. The molecule has 1 aromatic rings. The Morgan fingerprint density at radius 2 is 1.94 bits per heavy atom. The minimum absolute atomic E-state index is 0.390. The first-order valence-corrected chi connectivity index (χ1v) is 7.30. The van der Waals surface area contributed by atoms with Crippen LogP contribution in [0.1, 0.15) is 51.3 Å². The fraction of sp³-hybridized carbons (Fsp3) is 0.833. The van der Waals surface area contributed by atoms with Gasteiger partial charge >= 0.3 is 0 Å². The van der Waals surface area contributed by atoms with Gasteiger partial charge in [-0.1, -0.05) is 13.8 Å². The van der Waals surface area contributed by atoms with E-state index >= 15 is 0 Å². The van der Waals surface area contributed by atoms with Crippen molar-refractivity contribution in [2.45, 2.75) is 63.6 Å². The topological polar surface area (TPSA) is 55.0 Å². The molecule has 0 spiro atoms. The second-order valence-corrected chi connectivity index (χ2v) is 6.34. The maximum Gasteiger partial charge on any atom is 0.205 e. The largest absolute Gasteiger partial charge is 0.341 e. The average Bonchev–Trinajstić information content (AvgIpc) is 2.82. The van der Waals surface area contributed by atoms with Gasteiger partial charge in [0.1, 0.15) is 5.82 Å². The van der Waals surface area contributed by atoms with Crippen LogP contribution in [0.15, 0.2) is 0 Å². The van der Waals surface area contributed by atoms with Gasteiger partial charge in [0, 0.05) is 35.6 Å². The molecule has 0 aromatic carbocycles. The van der Waals surface area contributed by atoms with Gasteiger partial charge in [0.2, 0.25) is 5.13 Å². The van der Waals surface area contributed by atoms with Crippen molar-refractivity contribution in [1.82, 2.24) is 9.36 Å². The molecule has 2 unspecified atom stereocenters. The van der Waals surface area contributed by atoms with Crippen molar-refractivity contribution in [2.75, 3.05) is 4.90 Å². The summed E-state index contributed by atoms with van der Waals surface area (Å²) in [6.45, 7) is 4.29.